The fourth-order valence-corrected chi connectivity index (χ4v) is 13.0. The summed E-state index contributed by atoms with van der Waals surface area (Å²) < 4.78 is 12.9. The van der Waals surface area contributed by atoms with E-state index in [0.29, 0.717) is 35.2 Å². The van der Waals surface area contributed by atoms with Crippen molar-refractivity contribution >= 4 is 11.9 Å². The van der Waals surface area contributed by atoms with Gasteiger partial charge < -0.3 is 19.7 Å². The third kappa shape index (κ3) is 3.21. The molecule has 0 amide bonds. The van der Waals surface area contributed by atoms with Gasteiger partial charge in [-0.2, -0.15) is 0 Å². The van der Waals surface area contributed by atoms with Gasteiger partial charge in [0.1, 0.15) is 11.5 Å². The van der Waals surface area contributed by atoms with Gasteiger partial charge in [0.25, 0.3) is 0 Å². The Balaban J connectivity index is 1.01. The van der Waals surface area contributed by atoms with Gasteiger partial charge >= 0.3 is 11.9 Å². The summed E-state index contributed by atoms with van der Waals surface area (Å²) in [5.41, 5.74) is 21.0. The maximum Gasteiger partial charge on any atom is 0.341 e. The van der Waals surface area contributed by atoms with E-state index in [9.17, 15) is 19.8 Å². The summed E-state index contributed by atoms with van der Waals surface area (Å²) >= 11 is 0. The molecule has 2 N–H and O–H groups in total. The molecule has 6 heteroatoms. The van der Waals surface area contributed by atoms with Crippen molar-refractivity contribution in [2.75, 3.05) is 13.2 Å². The first kappa shape index (κ1) is 28.3. The van der Waals surface area contributed by atoms with Crippen LogP contribution in [0.4, 0.5) is 0 Å². The van der Waals surface area contributed by atoms with E-state index in [2.05, 4.69) is 72.8 Å². The van der Waals surface area contributed by atoms with Gasteiger partial charge in [-0.05, 0) is 92.4 Å². The van der Waals surface area contributed by atoms with Gasteiger partial charge in [0, 0.05) is 69.6 Å². The van der Waals surface area contributed by atoms with Crippen molar-refractivity contribution in [2.24, 2.45) is 0 Å². The summed E-state index contributed by atoms with van der Waals surface area (Å²) in [5.74, 6) is 1.25. The molecule has 0 saturated carbocycles. The second kappa shape index (κ2) is 9.35. The minimum Gasteiger partial charge on any atom is -0.481 e. The minimum absolute atomic E-state index is 0.0433. The molecule has 0 spiro atoms. The van der Waals surface area contributed by atoms with Crippen LogP contribution >= 0.6 is 0 Å². The van der Waals surface area contributed by atoms with Crippen LogP contribution in [0.3, 0.4) is 0 Å². The molecule has 5 aromatic rings. The van der Waals surface area contributed by atoms with E-state index in [-0.39, 0.29) is 23.7 Å². The smallest absolute Gasteiger partial charge is 0.341 e. The quantitative estimate of drug-likeness (QED) is 0.187. The lowest BCUT2D eigenvalue weighted by molar-refractivity contribution is -0.140. The SMILES string of the molecule is O=C(O)COc1c2c(c(OCC(=O)O)c3c1[C@H]1CC3c3cc4c(cc31)C1C[C@@H]4c3ccccc31)[C@H]1CC2c2cc3c(cc21)[C@H]1C[C@@H]3c2ccccc21. The fourth-order valence-electron chi connectivity index (χ4n) is 13.0. The lowest BCUT2D eigenvalue weighted by atomic mass is 9.74. The molecule has 8 aliphatic carbocycles. The first-order valence-corrected chi connectivity index (χ1v) is 18.9. The zero-order valence-electron chi connectivity index (χ0n) is 28.3. The largest absolute Gasteiger partial charge is 0.481 e. The Morgan fingerprint density at radius 2 is 0.673 bits per heavy atom. The molecule has 8 aliphatic rings. The molecule has 0 fully saturated rings. The summed E-state index contributed by atoms with van der Waals surface area (Å²) in [7, 11) is 0. The van der Waals surface area contributed by atoms with Crippen LogP contribution in [-0.2, 0) is 9.59 Å². The van der Waals surface area contributed by atoms with Gasteiger partial charge in [-0.25, -0.2) is 9.59 Å². The van der Waals surface area contributed by atoms with Crippen molar-refractivity contribution in [3.8, 4) is 11.5 Å². The van der Waals surface area contributed by atoms with E-state index in [0.717, 1.165) is 47.9 Å². The summed E-state index contributed by atoms with van der Waals surface area (Å²) in [4.78, 5) is 24.2. The van der Waals surface area contributed by atoms with Crippen LogP contribution in [-0.4, -0.2) is 35.4 Å². The van der Waals surface area contributed by atoms with Crippen molar-refractivity contribution in [1.29, 1.82) is 0 Å². The van der Waals surface area contributed by atoms with E-state index in [1.165, 1.54) is 66.8 Å². The number of benzene rings is 5. The highest BCUT2D eigenvalue weighted by atomic mass is 16.5. The molecule has 5 aromatic carbocycles. The molecule has 13 rings (SSSR count). The second-order valence-corrected chi connectivity index (χ2v) is 16.5. The van der Waals surface area contributed by atoms with Crippen LogP contribution in [0.2, 0.25) is 0 Å². The number of aliphatic carboxylic acids is 2. The highest BCUT2D eigenvalue weighted by molar-refractivity contribution is 5.80. The van der Waals surface area contributed by atoms with Crippen LogP contribution < -0.4 is 9.47 Å². The number of ether oxygens (including phenoxy) is 2. The summed E-state index contributed by atoms with van der Waals surface area (Å²) in [6.07, 6.45) is 3.96. The van der Waals surface area contributed by atoms with Crippen LogP contribution in [0.25, 0.3) is 0 Å². The predicted octanol–water partition coefficient (Wildman–Crippen LogP) is 8.54. The van der Waals surface area contributed by atoms with Crippen molar-refractivity contribution < 1.29 is 29.3 Å². The Kier molecular flexibility index (Phi) is 5.08. The van der Waals surface area contributed by atoms with E-state index < -0.39 is 25.2 Å². The number of carboxylic acids is 2. The highest BCUT2D eigenvalue weighted by Gasteiger charge is 2.55. The Labute approximate surface area is 300 Å². The molecule has 52 heavy (non-hydrogen) atoms. The molecular weight excluding hydrogens is 649 g/mol. The standard InChI is InChI=1S/C46H34O6/c47-39(48)17-51-45-41-35-15-36(32-12-28-24-9-23(27(28)11-31(32)35)19-5-1-2-6-20(19)24)42(41)46(52-18-40(49)50)44-38-16-37(43(44)45)33-13-29-25-10-26(30(29)14-34(33)38)22-8-4-3-7-21(22)25/h1-8,11-14,23-26,35-38H,9-10,15-18H2,(H,47,48)(H,49,50)/t23-,24+,25+,26?,35-,36?,37?,38-/m0/s1. The van der Waals surface area contributed by atoms with E-state index >= 15 is 0 Å². The fraction of sp³-hybridized carbons (Fsp3) is 0.304. The maximum absolute atomic E-state index is 12.1. The molecule has 3 unspecified atom stereocenters. The normalized spacial score (nSPS) is 28.2. The molecule has 0 saturated heterocycles. The number of hydrogen-bond acceptors (Lipinski definition) is 4. The number of rotatable bonds is 6. The van der Waals surface area contributed by atoms with E-state index in [1.54, 1.807) is 0 Å². The Morgan fingerprint density at radius 3 is 0.942 bits per heavy atom. The van der Waals surface area contributed by atoms with Crippen LogP contribution in [0.1, 0.15) is 162 Å². The van der Waals surface area contributed by atoms with Crippen molar-refractivity contribution in [2.45, 2.75) is 73.0 Å². The van der Waals surface area contributed by atoms with Crippen molar-refractivity contribution in [3.63, 3.8) is 0 Å². The molecule has 8 bridgehead atoms. The average Bonchev–Trinajstić information content (AvgIpc) is 4.02. The zero-order valence-corrected chi connectivity index (χ0v) is 28.3. The van der Waals surface area contributed by atoms with Gasteiger partial charge in [-0.3, -0.25) is 0 Å². The molecule has 0 heterocycles. The summed E-state index contributed by atoms with van der Waals surface area (Å²) in [6.45, 7) is -0.837. The number of fused-ring (bicyclic) bond motifs is 32. The molecule has 254 valence electrons. The van der Waals surface area contributed by atoms with Crippen LogP contribution in [0.15, 0.2) is 72.8 Å². The van der Waals surface area contributed by atoms with Gasteiger partial charge in [-0.15, -0.1) is 0 Å². The average molecular weight is 683 g/mol. The number of carbonyl (C=O) groups is 2. The molecule has 6 nitrogen and oxygen atoms in total. The van der Waals surface area contributed by atoms with Gasteiger partial charge in [0.2, 0.25) is 0 Å². The monoisotopic (exact) mass is 682 g/mol. The second-order valence-electron chi connectivity index (χ2n) is 16.5. The van der Waals surface area contributed by atoms with Gasteiger partial charge in [-0.1, -0.05) is 72.8 Å². The Morgan fingerprint density at radius 1 is 0.423 bits per heavy atom. The number of hydrogen-bond donors (Lipinski definition) is 2. The van der Waals surface area contributed by atoms with Crippen molar-refractivity contribution in [3.05, 3.63) is 162 Å². The van der Waals surface area contributed by atoms with E-state index in [1.807, 2.05) is 0 Å². The Bertz CT molecular complexity index is 2240. The number of carboxylic acid groups (broad SMARTS) is 2. The highest BCUT2D eigenvalue weighted by Crippen LogP contribution is 2.71. The zero-order chi connectivity index (χ0) is 34.3. The van der Waals surface area contributed by atoms with Gasteiger partial charge in [0.15, 0.2) is 13.2 Å². The minimum atomic E-state index is -0.999. The van der Waals surface area contributed by atoms with Gasteiger partial charge in [0.05, 0.1) is 0 Å². The first-order chi connectivity index (χ1) is 25.4. The van der Waals surface area contributed by atoms with Crippen LogP contribution in [0, 0.1) is 0 Å². The third-order valence-corrected chi connectivity index (χ3v) is 14.6. The third-order valence-electron chi connectivity index (χ3n) is 14.6. The topological polar surface area (TPSA) is 93.1 Å². The maximum atomic E-state index is 12.1. The molecular formula is C46H34O6. The lowest BCUT2D eigenvalue weighted by Gasteiger charge is -2.33. The lowest BCUT2D eigenvalue weighted by Crippen LogP contribution is -2.20. The first-order valence-electron chi connectivity index (χ1n) is 18.9. The van der Waals surface area contributed by atoms with Crippen LogP contribution in [0.5, 0.6) is 11.5 Å². The molecule has 0 aliphatic heterocycles. The Hall–Kier alpha value is -5.36. The molecule has 0 aromatic heterocycles. The van der Waals surface area contributed by atoms with Crippen molar-refractivity contribution in [1.82, 2.24) is 0 Å². The summed E-state index contributed by atoms with van der Waals surface area (Å²) in [6, 6.07) is 27.6. The molecule has 0 radical (unpaired) electrons. The van der Waals surface area contributed by atoms with E-state index in [4.69, 9.17) is 9.47 Å². The molecule has 8 atom stereocenters. The summed E-state index contributed by atoms with van der Waals surface area (Å²) in [5, 5.41) is 19.9. The predicted molar refractivity (Wildman–Crippen MR) is 192 cm³/mol.